The zero-order chi connectivity index (χ0) is 14.0. The van der Waals surface area contributed by atoms with Gasteiger partial charge in [0.1, 0.15) is 5.60 Å². The van der Waals surface area contributed by atoms with Gasteiger partial charge < -0.3 is 9.64 Å². The number of likely N-dealkylation sites (tertiary alicyclic amines) is 1. The molecule has 4 heteroatoms. The van der Waals surface area contributed by atoms with Crippen molar-refractivity contribution in [2.45, 2.75) is 58.5 Å². The van der Waals surface area contributed by atoms with Crippen LogP contribution in [-0.2, 0) is 14.3 Å². The molecule has 2 rings (SSSR count). The van der Waals surface area contributed by atoms with Gasteiger partial charge in [-0.15, -0.1) is 0 Å². The third-order valence-corrected chi connectivity index (χ3v) is 3.70. The summed E-state index contributed by atoms with van der Waals surface area (Å²) in [6.07, 6.45) is 4.47. The van der Waals surface area contributed by atoms with Crippen LogP contribution in [0.25, 0.3) is 0 Å². The van der Waals surface area contributed by atoms with Crippen LogP contribution in [0.1, 0.15) is 52.9 Å². The third kappa shape index (κ3) is 4.51. The zero-order valence-electron chi connectivity index (χ0n) is 12.3. The molecule has 0 unspecified atom stereocenters. The Morgan fingerprint density at radius 1 is 1.21 bits per heavy atom. The van der Waals surface area contributed by atoms with Crippen LogP contribution >= 0.6 is 0 Å². The molecule has 0 aromatic carbocycles. The number of ether oxygens (including phenoxy) is 1. The topological polar surface area (TPSA) is 46.6 Å². The Hall–Kier alpha value is -1.06. The molecule has 2 fully saturated rings. The Bertz CT molecular complexity index is 355. The molecule has 1 atom stereocenters. The Kier molecular flexibility index (Phi) is 4.16. The van der Waals surface area contributed by atoms with Gasteiger partial charge >= 0.3 is 5.97 Å². The number of esters is 1. The standard InChI is InChI=1S/C15H25NO3/c1-15(2,3)19-13(17)7-4-11-8-9-16(10-11)14(18)12-5-6-12/h11-12H,4-10H2,1-3H3/t11-/m0/s1. The van der Waals surface area contributed by atoms with Gasteiger partial charge in [-0.1, -0.05) is 0 Å². The first kappa shape index (κ1) is 14.4. The van der Waals surface area contributed by atoms with Gasteiger partial charge in [-0.25, -0.2) is 0 Å². The second kappa shape index (κ2) is 5.51. The number of nitrogens with zero attached hydrogens (tertiary/aromatic N) is 1. The normalized spacial score (nSPS) is 23.5. The number of carbonyl (C=O) groups is 2. The summed E-state index contributed by atoms with van der Waals surface area (Å²) >= 11 is 0. The van der Waals surface area contributed by atoms with Gasteiger partial charge in [0.15, 0.2) is 0 Å². The monoisotopic (exact) mass is 267 g/mol. The zero-order valence-corrected chi connectivity index (χ0v) is 12.3. The molecule has 0 aromatic rings. The van der Waals surface area contributed by atoms with Gasteiger partial charge in [0.25, 0.3) is 0 Å². The first-order valence-electron chi connectivity index (χ1n) is 7.36. The van der Waals surface area contributed by atoms with Crippen LogP contribution < -0.4 is 0 Å². The van der Waals surface area contributed by atoms with Crippen molar-refractivity contribution in [3.05, 3.63) is 0 Å². The number of rotatable bonds is 4. The maximum Gasteiger partial charge on any atom is 0.306 e. The van der Waals surface area contributed by atoms with E-state index < -0.39 is 5.60 Å². The van der Waals surface area contributed by atoms with Crippen LogP contribution in [0.3, 0.4) is 0 Å². The van der Waals surface area contributed by atoms with E-state index in [1.165, 1.54) is 0 Å². The fraction of sp³-hybridized carbons (Fsp3) is 0.867. The summed E-state index contributed by atoms with van der Waals surface area (Å²) in [5.74, 6) is 0.985. The molecule has 2 aliphatic rings. The summed E-state index contributed by atoms with van der Waals surface area (Å²) in [6.45, 7) is 7.36. The Labute approximate surface area is 115 Å². The molecule has 0 N–H and O–H groups in total. The fourth-order valence-electron chi connectivity index (χ4n) is 2.57. The minimum atomic E-state index is -0.402. The van der Waals surface area contributed by atoms with Crippen molar-refractivity contribution in [1.82, 2.24) is 4.90 Å². The fourth-order valence-corrected chi connectivity index (χ4v) is 2.57. The minimum Gasteiger partial charge on any atom is -0.460 e. The summed E-state index contributed by atoms with van der Waals surface area (Å²) < 4.78 is 5.30. The molecule has 0 bridgehead atoms. The number of carbonyl (C=O) groups excluding carboxylic acids is 2. The first-order chi connectivity index (χ1) is 8.85. The average Bonchev–Trinajstić information content (AvgIpc) is 3.02. The summed E-state index contributed by atoms with van der Waals surface area (Å²) in [5.41, 5.74) is -0.402. The van der Waals surface area contributed by atoms with Crippen LogP contribution in [0.2, 0.25) is 0 Å². The molecule has 108 valence electrons. The summed E-state index contributed by atoms with van der Waals surface area (Å²) in [7, 11) is 0. The summed E-state index contributed by atoms with van der Waals surface area (Å²) in [5, 5.41) is 0. The molecule has 0 spiro atoms. The van der Waals surface area contributed by atoms with Crippen molar-refractivity contribution in [2.24, 2.45) is 11.8 Å². The highest BCUT2D eigenvalue weighted by Crippen LogP contribution is 2.33. The predicted octanol–water partition coefficient (Wildman–Crippen LogP) is 2.37. The number of amides is 1. The molecule has 1 aliphatic carbocycles. The van der Waals surface area contributed by atoms with Gasteiger partial charge in [-0.05, 0) is 52.4 Å². The molecule has 4 nitrogen and oxygen atoms in total. The van der Waals surface area contributed by atoms with Gasteiger partial charge in [0, 0.05) is 25.4 Å². The maximum atomic E-state index is 11.9. The molecule has 1 aliphatic heterocycles. The number of hydrogen-bond acceptors (Lipinski definition) is 3. The van der Waals surface area contributed by atoms with Crippen molar-refractivity contribution in [1.29, 1.82) is 0 Å². The van der Waals surface area contributed by atoms with Crippen molar-refractivity contribution < 1.29 is 14.3 Å². The van der Waals surface area contributed by atoms with E-state index in [1.54, 1.807) is 0 Å². The maximum absolute atomic E-state index is 11.9. The average molecular weight is 267 g/mol. The molecule has 1 amide bonds. The molecule has 1 heterocycles. The summed E-state index contributed by atoms with van der Waals surface area (Å²) in [6, 6.07) is 0. The minimum absolute atomic E-state index is 0.125. The molecule has 19 heavy (non-hydrogen) atoms. The van der Waals surface area contributed by atoms with Crippen molar-refractivity contribution in [3.63, 3.8) is 0 Å². The first-order valence-corrected chi connectivity index (χ1v) is 7.36. The molecular formula is C15H25NO3. The largest absolute Gasteiger partial charge is 0.460 e. The number of hydrogen-bond donors (Lipinski definition) is 0. The van der Waals surface area contributed by atoms with E-state index in [0.717, 1.165) is 38.8 Å². The van der Waals surface area contributed by atoms with Crippen LogP contribution in [0.4, 0.5) is 0 Å². The SMILES string of the molecule is CC(C)(C)OC(=O)CC[C@H]1CCN(C(=O)C2CC2)C1. The molecule has 0 aromatic heterocycles. The molecule has 1 saturated carbocycles. The van der Waals surface area contributed by atoms with Crippen LogP contribution in [-0.4, -0.2) is 35.5 Å². The quantitative estimate of drug-likeness (QED) is 0.735. The van der Waals surface area contributed by atoms with Crippen molar-refractivity contribution in [2.75, 3.05) is 13.1 Å². The highest BCUT2D eigenvalue weighted by atomic mass is 16.6. The van der Waals surface area contributed by atoms with Crippen LogP contribution in [0.5, 0.6) is 0 Å². The highest BCUT2D eigenvalue weighted by Gasteiger charge is 2.36. The second-order valence-electron chi connectivity index (χ2n) is 6.84. The third-order valence-electron chi connectivity index (χ3n) is 3.70. The van der Waals surface area contributed by atoms with E-state index in [2.05, 4.69) is 0 Å². The van der Waals surface area contributed by atoms with E-state index in [4.69, 9.17) is 4.74 Å². The Morgan fingerprint density at radius 2 is 1.89 bits per heavy atom. The van der Waals surface area contributed by atoms with Crippen LogP contribution in [0.15, 0.2) is 0 Å². The van der Waals surface area contributed by atoms with E-state index >= 15 is 0 Å². The van der Waals surface area contributed by atoms with E-state index in [9.17, 15) is 9.59 Å². The van der Waals surface area contributed by atoms with Gasteiger partial charge in [0.05, 0.1) is 0 Å². The van der Waals surface area contributed by atoms with Gasteiger partial charge in [-0.2, -0.15) is 0 Å². The van der Waals surface area contributed by atoms with Gasteiger partial charge in [0.2, 0.25) is 5.91 Å². The van der Waals surface area contributed by atoms with E-state index in [1.807, 2.05) is 25.7 Å². The van der Waals surface area contributed by atoms with Crippen LogP contribution in [0, 0.1) is 11.8 Å². The summed E-state index contributed by atoms with van der Waals surface area (Å²) in [4.78, 5) is 25.5. The molecule has 1 saturated heterocycles. The Balaban J connectivity index is 1.67. The van der Waals surface area contributed by atoms with Gasteiger partial charge in [-0.3, -0.25) is 9.59 Å². The molecular weight excluding hydrogens is 242 g/mol. The smallest absolute Gasteiger partial charge is 0.306 e. The lowest BCUT2D eigenvalue weighted by atomic mass is 10.0. The highest BCUT2D eigenvalue weighted by molar-refractivity contribution is 5.81. The molecule has 0 radical (unpaired) electrons. The lowest BCUT2D eigenvalue weighted by Crippen LogP contribution is -2.30. The lowest BCUT2D eigenvalue weighted by molar-refractivity contribution is -0.155. The van der Waals surface area contributed by atoms with E-state index in [-0.39, 0.29) is 5.97 Å². The van der Waals surface area contributed by atoms with Crippen molar-refractivity contribution in [3.8, 4) is 0 Å². The van der Waals surface area contributed by atoms with E-state index in [0.29, 0.717) is 24.2 Å². The predicted molar refractivity (Wildman–Crippen MR) is 72.5 cm³/mol. The Morgan fingerprint density at radius 3 is 2.47 bits per heavy atom. The second-order valence-corrected chi connectivity index (χ2v) is 6.84. The van der Waals surface area contributed by atoms with Crippen molar-refractivity contribution >= 4 is 11.9 Å². The lowest BCUT2D eigenvalue weighted by Gasteiger charge is -2.20.